The Kier molecular flexibility index (Phi) is 4.39. The Balaban J connectivity index is 1.93. The van der Waals surface area contributed by atoms with E-state index in [1.165, 1.54) is 0 Å². The molecule has 1 saturated heterocycles. The monoisotopic (exact) mass is 282 g/mol. The Morgan fingerprint density at radius 3 is 3.05 bits per heavy atom. The highest BCUT2D eigenvalue weighted by molar-refractivity contribution is 6.31. The van der Waals surface area contributed by atoms with Gasteiger partial charge < -0.3 is 15.5 Å². The van der Waals surface area contributed by atoms with Gasteiger partial charge in [-0.25, -0.2) is 0 Å². The summed E-state index contributed by atoms with van der Waals surface area (Å²) in [7, 11) is 0. The number of hydrogen-bond acceptors (Lipinski definition) is 2. The van der Waals surface area contributed by atoms with Gasteiger partial charge in [0, 0.05) is 10.7 Å². The van der Waals surface area contributed by atoms with E-state index in [9.17, 15) is 9.59 Å². The van der Waals surface area contributed by atoms with Crippen LogP contribution in [0.15, 0.2) is 18.2 Å². The molecule has 1 atom stereocenters. The van der Waals surface area contributed by atoms with Gasteiger partial charge in [0.2, 0.25) is 0 Å². The standard InChI is InChI=1S/C13H16ClN3O2/c1-9-2-3-10(14)6-11(9)16-13(19)8-17-5-4-15-12(18)7-17/h2-3,6H,4-5,7-8H2,1H3,(H,15,18)(H,16,19)/p+1. The van der Waals surface area contributed by atoms with E-state index in [1.807, 2.05) is 13.0 Å². The first-order valence-corrected chi connectivity index (χ1v) is 6.58. The number of benzene rings is 1. The van der Waals surface area contributed by atoms with Crippen molar-refractivity contribution in [2.24, 2.45) is 0 Å². The molecule has 5 nitrogen and oxygen atoms in total. The molecule has 1 fully saturated rings. The van der Waals surface area contributed by atoms with Gasteiger partial charge in [-0.05, 0) is 24.6 Å². The fourth-order valence-corrected chi connectivity index (χ4v) is 2.23. The van der Waals surface area contributed by atoms with Crippen LogP contribution in [0, 0.1) is 6.92 Å². The number of carbonyl (C=O) groups excluding carboxylic acids is 2. The maximum atomic E-state index is 11.9. The van der Waals surface area contributed by atoms with Crippen molar-refractivity contribution in [2.45, 2.75) is 6.92 Å². The van der Waals surface area contributed by atoms with Crippen molar-refractivity contribution in [1.29, 1.82) is 0 Å². The maximum absolute atomic E-state index is 11.9. The minimum Gasteiger partial charge on any atom is -0.346 e. The summed E-state index contributed by atoms with van der Waals surface area (Å²) in [5.74, 6) is -0.108. The maximum Gasteiger partial charge on any atom is 0.279 e. The zero-order chi connectivity index (χ0) is 13.8. The van der Waals surface area contributed by atoms with Crippen molar-refractivity contribution in [1.82, 2.24) is 5.32 Å². The summed E-state index contributed by atoms with van der Waals surface area (Å²) in [6, 6.07) is 5.37. The lowest BCUT2D eigenvalue weighted by Gasteiger charge is -2.23. The summed E-state index contributed by atoms with van der Waals surface area (Å²) in [5, 5.41) is 6.17. The second-order valence-electron chi connectivity index (χ2n) is 4.71. The van der Waals surface area contributed by atoms with Crippen molar-refractivity contribution in [3.05, 3.63) is 28.8 Å². The van der Waals surface area contributed by atoms with Gasteiger partial charge in [-0.15, -0.1) is 0 Å². The van der Waals surface area contributed by atoms with Gasteiger partial charge in [-0.1, -0.05) is 17.7 Å². The molecule has 0 radical (unpaired) electrons. The first-order chi connectivity index (χ1) is 9.04. The van der Waals surface area contributed by atoms with Gasteiger partial charge in [0.15, 0.2) is 13.1 Å². The summed E-state index contributed by atoms with van der Waals surface area (Å²) in [6.45, 7) is 3.94. The smallest absolute Gasteiger partial charge is 0.279 e. The van der Waals surface area contributed by atoms with Crippen LogP contribution in [-0.4, -0.2) is 38.0 Å². The number of anilines is 1. The summed E-state index contributed by atoms with van der Waals surface area (Å²) in [5.41, 5.74) is 1.68. The third kappa shape index (κ3) is 3.94. The van der Waals surface area contributed by atoms with Crippen molar-refractivity contribution in [3.8, 4) is 0 Å². The topological polar surface area (TPSA) is 62.6 Å². The number of rotatable bonds is 3. The molecule has 102 valence electrons. The van der Waals surface area contributed by atoms with E-state index in [0.717, 1.165) is 22.7 Å². The van der Waals surface area contributed by atoms with E-state index < -0.39 is 0 Å². The lowest BCUT2D eigenvalue weighted by atomic mass is 10.2. The first-order valence-electron chi connectivity index (χ1n) is 6.21. The molecule has 2 rings (SSSR count). The number of aryl methyl sites for hydroxylation is 1. The predicted molar refractivity (Wildman–Crippen MR) is 73.4 cm³/mol. The number of carbonyl (C=O) groups is 2. The van der Waals surface area contributed by atoms with Gasteiger partial charge in [-0.3, -0.25) is 9.59 Å². The molecule has 0 aromatic heterocycles. The molecule has 0 aliphatic carbocycles. The summed E-state index contributed by atoms with van der Waals surface area (Å²) in [6.07, 6.45) is 0. The van der Waals surface area contributed by atoms with Crippen LogP contribution in [-0.2, 0) is 9.59 Å². The van der Waals surface area contributed by atoms with Gasteiger partial charge in [0.05, 0.1) is 13.1 Å². The quantitative estimate of drug-likeness (QED) is 0.707. The van der Waals surface area contributed by atoms with Crippen molar-refractivity contribution < 1.29 is 14.5 Å². The Hall–Kier alpha value is -1.59. The molecule has 1 aromatic rings. The number of hydrogen-bond donors (Lipinski definition) is 3. The minimum absolute atomic E-state index is 0.00649. The SMILES string of the molecule is Cc1ccc(Cl)cc1NC(=O)C[NH+]1CCNC(=O)C1. The van der Waals surface area contributed by atoms with Crippen LogP contribution in [0.4, 0.5) is 5.69 Å². The molecule has 0 saturated carbocycles. The number of amides is 2. The molecule has 19 heavy (non-hydrogen) atoms. The fourth-order valence-electron chi connectivity index (χ4n) is 2.06. The van der Waals surface area contributed by atoms with E-state index in [-0.39, 0.29) is 11.8 Å². The second kappa shape index (κ2) is 6.04. The number of quaternary nitrogens is 1. The largest absolute Gasteiger partial charge is 0.346 e. The highest BCUT2D eigenvalue weighted by Crippen LogP contribution is 2.19. The van der Waals surface area contributed by atoms with Crippen LogP contribution < -0.4 is 15.5 Å². The number of nitrogens with one attached hydrogen (secondary N) is 3. The molecule has 3 N–H and O–H groups in total. The zero-order valence-corrected chi connectivity index (χ0v) is 11.5. The van der Waals surface area contributed by atoms with E-state index in [0.29, 0.717) is 24.7 Å². The molecule has 1 aliphatic rings. The van der Waals surface area contributed by atoms with Crippen molar-refractivity contribution in [2.75, 3.05) is 31.5 Å². The molecule has 0 bridgehead atoms. The average Bonchev–Trinajstić information content (AvgIpc) is 2.34. The Morgan fingerprint density at radius 1 is 1.53 bits per heavy atom. The third-order valence-electron chi connectivity index (χ3n) is 3.10. The first kappa shape index (κ1) is 13.8. The highest BCUT2D eigenvalue weighted by atomic mass is 35.5. The predicted octanol–water partition coefficient (Wildman–Crippen LogP) is -0.398. The lowest BCUT2D eigenvalue weighted by molar-refractivity contribution is -0.885. The highest BCUT2D eigenvalue weighted by Gasteiger charge is 2.22. The van der Waals surface area contributed by atoms with Gasteiger partial charge in [0.1, 0.15) is 0 Å². The summed E-state index contributed by atoms with van der Waals surface area (Å²) >= 11 is 5.90. The molecule has 0 spiro atoms. The van der Waals surface area contributed by atoms with Crippen LogP contribution in [0.3, 0.4) is 0 Å². The summed E-state index contributed by atoms with van der Waals surface area (Å²) in [4.78, 5) is 24.1. The lowest BCUT2D eigenvalue weighted by Crippen LogP contribution is -3.16. The molecule has 1 aliphatic heterocycles. The van der Waals surface area contributed by atoms with Crippen LogP contribution >= 0.6 is 11.6 Å². The Labute approximate surface area is 116 Å². The molecule has 1 unspecified atom stereocenters. The van der Waals surface area contributed by atoms with Gasteiger partial charge in [-0.2, -0.15) is 0 Å². The van der Waals surface area contributed by atoms with E-state index >= 15 is 0 Å². The van der Waals surface area contributed by atoms with E-state index in [4.69, 9.17) is 11.6 Å². The van der Waals surface area contributed by atoms with Crippen LogP contribution in [0.2, 0.25) is 5.02 Å². The molecule has 2 amide bonds. The molecule has 1 heterocycles. The second-order valence-corrected chi connectivity index (χ2v) is 5.15. The average molecular weight is 283 g/mol. The molecule has 1 aromatic carbocycles. The minimum atomic E-state index is -0.102. The molecular formula is C13H17ClN3O2+. The van der Waals surface area contributed by atoms with E-state index in [2.05, 4.69) is 10.6 Å². The van der Waals surface area contributed by atoms with Crippen molar-refractivity contribution in [3.63, 3.8) is 0 Å². The Bertz CT molecular complexity index is 505. The van der Waals surface area contributed by atoms with Crippen LogP contribution in [0.5, 0.6) is 0 Å². The Morgan fingerprint density at radius 2 is 2.32 bits per heavy atom. The van der Waals surface area contributed by atoms with Gasteiger partial charge >= 0.3 is 0 Å². The van der Waals surface area contributed by atoms with Crippen molar-refractivity contribution >= 4 is 29.1 Å². The zero-order valence-electron chi connectivity index (χ0n) is 10.8. The molecule has 6 heteroatoms. The van der Waals surface area contributed by atoms with Gasteiger partial charge in [0.25, 0.3) is 11.8 Å². The summed E-state index contributed by atoms with van der Waals surface area (Å²) < 4.78 is 0. The van der Waals surface area contributed by atoms with E-state index in [1.54, 1.807) is 12.1 Å². The van der Waals surface area contributed by atoms with Crippen LogP contribution in [0.25, 0.3) is 0 Å². The van der Waals surface area contributed by atoms with Crippen LogP contribution in [0.1, 0.15) is 5.56 Å². The third-order valence-corrected chi connectivity index (χ3v) is 3.33. The normalized spacial score (nSPS) is 18.8. The number of piperazine rings is 1. The molecular weight excluding hydrogens is 266 g/mol. The fraction of sp³-hybridized carbons (Fsp3) is 0.385. The number of halogens is 1.